The van der Waals surface area contributed by atoms with Gasteiger partial charge in [0.25, 0.3) is 0 Å². The van der Waals surface area contributed by atoms with Gasteiger partial charge in [-0.15, -0.1) is 0 Å². The summed E-state index contributed by atoms with van der Waals surface area (Å²) in [6.45, 7) is 4.81. The number of rotatable bonds is 5. The molecule has 0 spiro atoms. The Morgan fingerprint density at radius 2 is 1.32 bits per heavy atom. The predicted octanol–water partition coefficient (Wildman–Crippen LogP) is 12.6. The number of nitrogens with one attached hydrogen (secondary N) is 1. The van der Waals surface area contributed by atoms with Crippen LogP contribution in [0.25, 0.3) is 55.9 Å². The van der Waals surface area contributed by atoms with Crippen LogP contribution in [0.15, 0.2) is 169 Å². The van der Waals surface area contributed by atoms with Gasteiger partial charge in [0.15, 0.2) is 0 Å². The summed E-state index contributed by atoms with van der Waals surface area (Å²) in [6, 6.07) is 55.5. The largest absolute Gasteiger partial charge is 0.360 e. The van der Waals surface area contributed by atoms with Gasteiger partial charge in [-0.2, -0.15) is 0 Å². The molecule has 0 bridgehead atoms. The second kappa shape index (κ2) is 12.5. The summed E-state index contributed by atoms with van der Waals surface area (Å²) >= 11 is 0. The average Bonchev–Trinajstić information content (AvgIpc) is 3.47. The summed E-state index contributed by atoms with van der Waals surface area (Å²) < 4.78 is 0. The molecule has 2 aliphatic carbocycles. The van der Waals surface area contributed by atoms with Crippen molar-refractivity contribution in [3.05, 3.63) is 203 Å². The van der Waals surface area contributed by atoms with Crippen molar-refractivity contribution in [2.24, 2.45) is 4.99 Å². The first kappa shape index (κ1) is 31.5. The third-order valence-corrected chi connectivity index (χ3v) is 11.5. The van der Waals surface area contributed by atoms with Crippen LogP contribution in [0.3, 0.4) is 0 Å². The number of hydrogen-bond acceptors (Lipinski definition) is 2. The van der Waals surface area contributed by atoms with Crippen LogP contribution in [0.4, 0.5) is 0 Å². The highest BCUT2D eigenvalue weighted by molar-refractivity contribution is 6.14. The normalized spacial score (nSPS) is 16.6. The van der Waals surface area contributed by atoms with E-state index in [4.69, 9.17) is 4.99 Å². The molecule has 7 aromatic rings. The van der Waals surface area contributed by atoms with Crippen molar-refractivity contribution in [2.75, 3.05) is 0 Å². The van der Waals surface area contributed by atoms with Gasteiger partial charge in [0.2, 0.25) is 0 Å². The molecule has 1 heterocycles. The summed E-state index contributed by atoms with van der Waals surface area (Å²) in [4.78, 5) is 5.37. The molecular formula is C51H40N2. The topological polar surface area (TPSA) is 24.4 Å². The maximum absolute atomic E-state index is 5.37. The van der Waals surface area contributed by atoms with Crippen molar-refractivity contribution in [1.29, 1.82) is 0 Å². The van der Waals surface area contributed by atoms with Crippen molar-refractivity contribution in [3.8, 4) is 33.4 Å². The molecule has 10 rings (SSSR count). The average molecular weight is 681 g/mol. The summed E-state index contributed by atoms with van der Waals surface area (Å²) in [7, 11) is 0. The van der Waals surface area contributed by atoms with E-state index in [1.54, 1.807) is 0 Å². The number of benzene rings is 7. The van der Waals surface area contributed by atoms with E-state index in [1.165, 1.54) is 66.4 Å². The van der Waals surface area contributed by atoms with E-state index in [0.29, 0.717) is 0 Å². The van der Waals surface area contributed by atoms with Gasteiger partial charge in [-0.25, -0.2) is 0 Å². The fraction of sp³-hybridized carbons (Fsp3) is 0.118. The van der Waals surface area contributed by atoms with Crippen LogP contribution < -0.4 is 5.32 Å². The van der Waals surface area contributed by atoms with E-state index in [0.717, 1.165) is 40.9 Å². The fourth-order valence-corrected chi connectivity index (χ4v) is 8.80. The molecule has 1 N–H and O–H groups in total. The first-order chi connectivity index (χ1) is 26.0. The molecule has 2 nitrogen and oxygen atoms in total. The number of nitrogens with zero attached hydrogens (tertiary/aromatic N) is 1. The maximum Gasteiger partial charge on any atom is 0.145 e. The smallest absolute Gasteiger partial charge is 0.145 e. The Hall–Kier alpha value is -6.25. The number of aliphatic imine (C=N–C) groups is 1. The highest BCUT2D eigenvalue weighted by Crippen LogP contribution is 2.55. The quantitative estimate of drug-likeness (QED) is 0.192. The highest BCUT2D eigenvalue weighted by atomic mass is 15.1. The Morgan fingerprint density at radius 3 is 2.15 bits per heavy atom. The molecule has 1 aliphatic heterocycles. The summed E-state index contributed by atoms with van der Waals surface area (Å²) in [5.74, 6) is 0. The van der Waals surface area contributed by atoms with Crippen LogP contribution in [0, 0.1) is 0 Å². The minimum Gasteiger partial charge on any atom is -0.360 e. The number of aryl methyl sites for hydroxylation is 1. The zero-order chi connectivity index (χ0) is 35.5. The predicted molar refractivity (Wildman–Crippen MR) is 223 cm³/mol. The van der Waals surface area contributed by atoms with E-state index in [1.807, 2.05) is 0 Å². The molecule has 0 radical (unpaired) electrons. The molecule has 2 heteroatoms. The molecule has 1 unspecified atom stereocenters. The third-order valence-electron chi connectivity index (χ3n) is 11.5. The lowest BCUT2D eigenvalue weighted by molar-refractivity contribution is 0.662. The van der Waals surface area contributed by atoms with Crippen LogP contribution in [-0.4, -0.2) is 5.71 Å². The van der Waals surface area contributed by atoms with Crippen molar-refractivity contribution in [1.82, 2.24) is 5.32 Å². The van der Waals surface area contributed by atoms with E-state index >= 15 is 0 Å². The molecule has 53 heavy (non-hydrogen) atoms. The summed E-state index contributed by atoms with van der Waals surface area (Å²) in [5.41, 5.74) is 18.6. The first-order valence-corrected chi connectivity index (χ1v) is 18.8. The van der Waals surface area contributed by atoms with Crippen molar-refractivity contribution < 1.29 is 0 Å². The van der Waals surface area contributed by atoms with Crippen LogP contribution in [0.5, 0.6) is 0 Å². The summed E-state index contributed by atoms with van der Waals surface area (Å²) in [6.07, 6.45) is 8.79. The molecule has 0 aromatic heterocycles. The van der Waals surface area contributed by atoms with E-state index < -0.39 is 0 Å². The second-order valence-corrected chi connectivity index (χ2v) is 15.1. The van der Waals surface area contributed by atoms with Crippen molar-refractivity contribution in [2.45, 2.75) is 38.3 Å². The Labute approximate surface area is 311 Å². The maximum atomic E-state index is 5.37. The monoisotopic (exact) mass is 680 g/mol. The minimum atomic E-state index is -0.209. The number of fused-ring (bicyclic) bond motifs is 6. The van der Waals surface area contributed by atoms with Crippen LogP contribution >= 0.6 is 0 Å². The Morgan fingerprint density at radius 1 is 0.623 bits per heavy atom. The molecule has 3 aliphatic rings. The van der Waals surface area contributed by atoms with Crippen molar-refractivity contribution in [3.63, 3.8) is 0 Å². The Kier molecular flexibility index (Phi) is 7.40. The van der Waals surface area contributed by atoms with Gasteiger partial charge in [0.05, 0.1) is 5.71 Å². The molecular weight excluding hydrogens is 641 g/mol. The van der Waals surface area contributed by atoms with Crippen molar-refractivity contribution >= 4 is 28.3 Å². The van der Waals surface area contributed by atoms with Gasteiger partial charge in [0.1, 0.15) is 6.17 Å². The van der Waals surface area contributed by atoms with E-state index in [2.05, 4.69) is 189 Å². The van der Waals surface area contributed by atoms with E-state index in [-0.39, 0.29) is 11.6 Å². The SMILES string of the molecule is CC1(C)c2cc(C3=NC(c4ccccc4)NC(c4ccc(-c5ccccc5)cc4)=C3)ccc2-c2c(-c3ccc4c(c3)CCC=C4)cc3ccccc3c21. The first-order valence-electron chi connectivity index (χ1n) is 18.8. The molecule has 0 saturated carbocycles. The molecule has 1 atom stereocenters. The van der Waals surface area contributed by atoms with Gasteiger partial charge >= 0.3 is 0 Å². The van der Waals surface area contributed by atoms with Gasteiger partial charge < -0.3 is 5.32 Å². The fourth-order valence-electron chi connectivity index (χ4n) is 8.80. The number of hydrogen-bond donors (Lipinski definition) is 1. The lowest BCUT2D eigenvalue weighted by atomic mass is 9.78. The van der Waals surface area contributed by atoms with Crippen LogP contribution in [-0.2, 0) is 11.8 Å². The summed E-state index contributed by atoms with van der Waals surface area (Å²) in [5, 5.41) is 6.39. The molecule has 0 fully saturated rings. The number of allylic oxidation sites excluding steroid dienone is 2. The Bertz CT molecular complexity index is 2640. The highest BCUT2D eigenvalue weighted by Gasteiger charge is 2.39. The van der Waals surface area contributed by atoms with Gasteiger partial charge in [-0.1, -0.05) is 166 Å². The lowest BCUT2D eigenvalue weighted by Crippen LogP contribution is -2.25. The van der Waals surface area contributed by atoms with Crippen LogP contribution in [0.2, 0.25) is 0 Å². The molecule has 7 aromatic carbocycles. The third kappa shape index (κ3) is 5.37. The zero-order valence-electron chi connectivity index (χ0n) is 30.1. The molecule has 0 saturated heterocycles. The lowest BCUT2D eigenvalue weighted by Gasteiger charge is -2.26. The van der Waals surface area contributed by atoms with Gasteiger partial charge in [0, 0.05) is 16.7 Å². The standard InChI is InChI=1S/C51H40N2/c1-51(2)45-31-41(47-32-46(52-50(53-47)37-16-7-4-8-17-37)36-24-21-35(22-25-36)33-13-5-3-6-14-33)27-28-43(45)48-44(30-39-19-11-12-20-42(39)49(48)51)40-26-23-34-15-9-10-18-38(34)29-40/h3-9,11-17,19-32,50,52H,10,18H2,1-2H3. The van der Waals surface area contributed by atoms with E-state index in [9.17, 15) is 0 Å². The minimum absolute atomic E-state index is 0.201. The van der Waals surface area contributed by atoms with Crippen LogP contribution in [0.1, 0.15) is 65.4 Å². The molecule has 254 valence electrons. The van der Waals surface area contributed by atoms with Gasteiger partial charge in [-0.3, -0.25) is 4.99 Å². The second-order valence-electron chi connectivity index (χ2n) is 15.1. The Balaban J connectivity index is 1.11. The van der Waals surface area contributed by atoms with Gasteiger partial charge in [-0.05, 0) is 109 Å². The zero-order valence-corrected chi connectivity index (χ0v) is 30.1. The molecule has 0 amide bonds.